The fourth-order valence-corrected chi connectivity index (χ4v) is 1.95. The number of carbonyl (C=O) groups is 2. The first-order chi connectivity index (χ1) is 10.1. The Morgan fingerprint density at radius 3 is 2.62 bits per heavy atom. The fraction of sp³-hybridized carbons (Fsp3) is 0.500. The molecule has 1 aromatic rings. The Labute approximate surface area is 125 Å². The van der Waals surface area contributed by atoms with Crippen LogP contribution in [0.2, 0.25) is 0 Å². The van der Waals surface area contributed by atoms with Crippen molar-refractivity contribution >= 4 is 11.9 Å². The number of ether oxygens (including phenoxy) is 1. The molecule has 1 unspecified atom stereocenters. The molecule has 5 heteroatoms. The summed E-state index contributed by atoms with van der Waals surface area (Å²) in [7, 11) is 0. The van der Waals surface area contributed by atoms with Crippen molar-refractivity contribution in [3.05, 3.63) is 35.9 Å². The number of rotatable bonds is 10. The molecule has 0 saturated heterocycles. The lowest BCUT2D eigenvalue weighted by atomic mass is 9.99. The number of carboxylic acids is 1. The third kappa shape index (κ3) is 7.46. The van der Waals surface area contributed by atoms with Crippen molar-refractivity contribution in [3.8, 4) is 0 Å². The van der Waals surface area contributed by atoms with E-state index in [4.69, 9.17) is 4.74 Å². The molecule has 0 aliphatic carbocycles. The van der Waals surface area contributed by atoms with Gasteiger partial charge in [0.25, 0.3) is 0 Å². The molecule has 2 N–H and O–H groups in total. The SMILES string of the molecule is CCOCCCC(=O)NCC(Cc1ccccc1)C(=O)O. The van der Waals surface area contributed by atoms with E-state index in [1.54, 1.807) is 0 Å². The predicted molar refractivity (Wildman–Crippen MR) is 80.0 cm³/mol. The lowest BCUT2D eigenvalue weighted by Gasteiger charge is -2.13. The Balaban J connectivity index is 2.34. The van der Waals surface area contributed by atoms with Gasteiger partial charge < -0.3 is 15.2 Å². The number of hydrogen-bond acceptors (Lipinski definition) is 3. The van der Waals surface area contributed by atoms with Crippen LogP contribution in [0.25, 0.3) is 0 Å². The van der Waals surface area contributed by atoms with E-state index in [0.29, 0.717) is 32.5 Å². The largest absolute Gasteiger partial charge is 0.481 e. The van der Waals surface area contributed by atoms with Crippen LogP contribution in [0.3, 0.4) is 0 Å². The topological polar surface area (TPSA) is 75.6 Å². The van der Waals surface area contributed by atoms with Gasteiger partial charge >= 0.3 is 5.97 Å². The van der Waals surface area contributed by atoms with Crippen LogP contribution in [0, 0.1) is 5.92 Å². The third-order valence-corrected chi connectivity index (χ3v) is 3.12. The second-order valence-electron chi connectivity index (χ2n) is 4.83. The van der Waals surface area contributed by atoms with E-state index >= 15 is 0 Å². The van der Waals surface area contributed by atoms with Crippen LogP contribution in [-0.2, 0) is 20.7 Å². The van der Waals surface area contributed by atoms with E-state index < -0.39 is 11.9 Å². The number of hydrogen-bond donors (Lipinski definition) is 2. The Morgan fingerprint density at radius 2 is 2.00 bits per heavy atom. The summed E-state index contributed by atoms with van der Waals surface area (Å²) in [6, 6.07) is 9.42. The number of amides is 1. The fourth-order valence-electron chi connectivity index (χ4n) is 1.95. The molecule has 1 amide bonds. The minimum absolute atomic E-state index is 0.131. The maximum Gasteiger partial charge on any atom is 0.308 e. The first-order valence-corrected chi connectivity index (χ1v) is 7.24. The standard InChI is InChI=1S/C16H23NO4/c1-2-21-10-6-9-15(18)17-12-14(16(19)20)11-13-7-4-3-5-8-13/h3-5,7-8,14H,2,6,9-12H2,1H3,(H,17,18)(H,19,20). The van der Waals surface area contributed by atoms with Gasteiger partial charge in [0, 0.05) is 26.2 Å². The van der Waals surface area contributed by atoms with Gasteiger partial charge in [-0.15, -0.1) is 0 Å². The highest BCUT2D eigenvalue weighted by Crippen LogP contribution is 2.08. The highest BCUT2D eigenvalue weighted by atomic mass is 16.5. The molecule has 0 aromatic heterocycles. The lowest BCUT2D eigenvalue weighted by Crippen LogP contribution is -2.34. The summed E-state index contributed by atoms with van der Waals surface area (Å²) in [6.07, 6.45) is 1.42. The second-order valence-corrected chi connectivity index (χ2v) is 4.83. The average Bonchev–Trinajstić information content (AvgIpc) is 2.48. The molecule has 0 heterocycles. The Bertz CT molecular complexity index is 433. The minimum atomic E-state index is -0.895. The van der Waals surface area contributed by atoms with Gasteiger partial charge in [0.15, 0.2) is 0 Å². The molecule has 116 valence electrons. The van der Waals surface area contributed by atoms with Crippen LogP contribution in [0.5, 0.6) is 0 Å². The maximum atomic E-state index is 11.6. The molecular formula is C16H23NO4. The van der Waals surface area contributed by atoms with Crippen molar-refractivity contribution in [2.24, 2.45) is 5.92 Å². The van der Waals surface area contributed by atoms with Crippen LogP contribution in [0.1, 0.15) is 25.3 Å². The van der Waals surface area contributed by atoms with Gasteiger partial charge in [-0.25, -0.2) is 0 Å². The Morgan fingerprint density at radius 1 is 1.29 bits per heavy atom. The van der Waals surface area contributed by atoms with Crippen molar-refractivity contribution in [2.45, 2.75) is 26.2 Å². The molecule has 0 bridgehead atoms. The molecule has 21 heavy (non-hydrogen) atoms. The molecule has 1 atom stereocenters. The van der Waals surface area contributed by atoms with Gasteiger partial charge in [0.05, 0.1) is 5.92 Å². The lowest BCUT2D eigenvalue weighted by molar-refractivity contribution is -0.141. The van der Waals surface area contributed by atoms with Gasteiger partial charge in [-0.05, 0) is 25.3 Å². The number of aliphatic carboxylic acids is 1. The van der Waals surface area contributed by atoms with Gasteiger partial charge in [-0.2, -0.15) is 0 Å². The summed E-state index contributed by atoms with van der Waals surface area (Å²) in [5.41, 5.74) is 0.954. The zero-order chi connectivity index (χ0) is 15.5. The normalized spacial score (nSPS) is 11.9. The predicted octanol–water partition coefficient (Wildman–Crippen LogP) is 1.86. The smallest absolute Gasteiger partial charge is 0.308 e. The van der Waals surface area contributed by atoms with E-state index in [1.807, 2.05) is 37.3 Å². The molecule has 1 rings (SSSR count). The number of benzene rings is 1. The number of carbonyl (C=O) groups excluding carboxylic acids is 1. The molecular weight excluding hydrogens is 270 g/mol. The second kappa shape index (κ2) is 9.94. The van der Waals surface area contributed by atoms with Crippen molar-refractivity contribution in [1.82, 2.24) is 5.32 Å². The molecule has 0 aliphatic heterocycles. The van der Waals surface area contributed by atoms with E-state index in [2.05, 4.69) is 5.32 Å². The van der Waals surface area contributed by atoms with Gasteiger partial charge in [0.2, 0.25) is 5.91 Å². The van der Waals surface area contributed by atoms with E-state index in [-0.39, 0.29) is 12.5 Å². The summed E-state index contributed by atoms with van der Waals surface area (Å²) < 4.78 is 5.15. The van der Waals surface area contributed by atoms with Gasteiger partial charge in [-0.1, -0.05) is 30.3 Å². The van der Waals surface area contributed by atoms with Crippen LogP contribution in [0.4, 0.5) is 0 Å². The highest BCUT2D eigenvalue weighted by Gasteiger charge is 2.18. The molecule has 1 aromatic carbocycles. The minimum Gasteiger partial charge on any atom is -0.481 e. The van der Waals surface area contributed by atoms with Crippen molar-refractivity contribution in [3.63, 3.8) is 0 Å². The third-order valence-electron chi connectivity index (χ3n) is 3.12. The van der Waals surface area contributed by atoms with Crippen molar-refractivity contribution in [2.75, 3.05) is 19.8 Å². The molecule has 5 nitrogen and oxygen atoms in total. The van der Waals surface area contributed by atoms with E-state index in [0.717, 1.165) is 5.56 Å². The van der Waals surface area contributed by atoms with Gasteiger partial charge in [0.1, 0.15) is 0 Å². The summed E-state index contributed by atoms with van der Waals surface area (Å²) in [5.74, 6) is -1.63. The number of carboxylic acid groups (broad SMARTS) is 1. The molecule has 0 radical (unpaired) electrons. The zero-order valence-electron chi connectivity index (χ0n) is 12.4. The van der Waals surface area contributed by atoms with Crippen LogP contribution in [0.15, 0.2) is 30.3 Å². The maximum absolute atomic E-state index is 11.6. The van der Waals surface area contributed by atoms with E-state index in [1.165, 1.54) is 0 Å². The molecule has 0 saturated carbocycles. The monoisotopic (exact) mass is 293 g/mol. The Kier molecular flexibility index (Phi) is 8.12. The first-order valence-electron chi connectivity index (χ1n) is 7.24. The van der Waals surface area contributed by atoms with E-state index in [9.17, 15) is 14.7 Å². The van der Waals surface area contributed by atoms with Crippen molar-refractivity contribution < 1.29 is 19.4 Å². The summed E-state index contributed by atoms with van der Waals surface area (Å²) in [6.45, 7) is 3.24. The summed E-state index contributed by atoms with van der Waals surface area (Å²) in [4.78, 5) is 22.9. The van der Waals surface area contributed by atoms with Crippen LogP contribution < -0.4 is 5.32 Å². The quantitative estimate of drug-likeness (QED) is 0.646. The highest BCUT2D eigenvalue weighted by molar-refractivity contribution is 5.77. The van der Waals surface area contributed by atoms with Crippen LogP contribution in [-0.4, -0.2) is 36.7 Å². The Hall–Kier alpha value is -1.88. The zero-order valence-corrected chi connectivity index (χ0v) is 12.4. The average molecular weight is 293 g/mol. The number of nitrogens with one attached hydrogen (secondary N) is 1. The van der Waals surface area contributed by atoms with Crippen LogP contribution >= 0.6 is 0 Å². The first kappa shape index (κ1) is 17.2. The molecule has 0 fully saturated rings. The molecule has 0 aliphatic rings. The summed E-state index contributed by atoms with van der Waals surface area (Å²) >= 11 is 0. The van der Waals surface area contributed by atoms with Gasteiger partial charge in [-0.3, -0.25) is 9.59 Å². The summed E-state index contributed by atoms with van der Waals surface area (Å²) in [5, 5.41) is 11.9. The molecule has 0 spiro atoms. The van der Waals surface area contributed by atoms with Crippen molar-refractivity contribution in [1.29, 1.82) is 0 Å².